The van der Waals surface area contributed by atoms with Crippen LogP contribution in [0.4, 0.5) is 0 Å². The quantitative estimate of drug-likeness (QED) is 0.758. The first-order valence-electron chi connectivity index (χ1n) is 2.97. The summed E-state index contributed by atoms with van der Waals surface area (Å²) >= 11 is 0.756. The van der Waals surface area contributed by atoms with Gasteiger partial charge in [-0.3, -0.25) is 4.55 Å². The van der Waals surface area contributed by atoms with E-state index >= 15 is 0 Å². The summed E-state index contributed by atoms with van der Waals surface area (Å²) in [7, 11) is -7.70. The molecule has 0 atom stereocenters. The average Bonchev–Trinajstić information content (AvgIpc) is 2.28. The van der Waals surface area contributed by atoms with E-state index in [1.54, 1.807) is 0 Å². The summed E-state index contributed by atoms with van der Waals surface area (Å²) in [5.41, 5.74) is 0. The van der Waals surface area contributed by atoms with Crippen molar-refractivity contribution in [3.8, 4) is 0 Å². The predicted molar refractivity (Wildman–Crippen MR) is 47.2 cm³/mol. The lowest BCUT2D eigenvalue weighted by Gasteiger charge is -1.89. The van der Waals surface area contributed by atoms with E-state index < -0.39 is 24.9 Å². The topological polar surface area (TPSA) is 88.5 Å². The molecule has 1 rings (SSSR count). The molecule has 0 aliphatic rings. The molecule has 8 heteroatoms. The number of rotatable bonds is 2. The fourth-order valence-corrected chi connectivity index (χ4v) is 3.36. The summed E-state index contributed by atoms with van der Waals surface area (Å²) in [5, 5.41) is 1.08. The summed E-state index contributed by atoms with van der Waals surface area (Å²) in [6.07, 6.45) is 0.965. The Kier molecular flexibility index (Phi) is 2.50. The van der Waals surface area contributed by atoms with Crippen LogP contribution < -0.4 is 0 Å². The van der Waals surface area contributed by atoms with Crippen molar-refractivity contribution >= 4 is 31.3 Å². The molecule has 0 saturated carbocycles. The normalized spacial score (nSPS) is 13.1. The van der Waals surface area contributed by atoms with Gasteiger partial charge in [0, 0.05) is 11.6 Å². The Hall–Kier alpha value is -0.440. The highest BCUT2D eigenvalue weighted by Gasteiger charge is 2.16. The number of hydrogen-bond donors (Lipinski definition) is 1. The van der Waals surface area contributed by atoms with Crippen LogP contribution in [0.25, 0.3) is 0 Å². The molecule has 13 heavy (non-hydrogen) atoms. The van der Waals surface area contributed by atoms with Crippen LogP contribution >= 0.6 is 11.3 Å². The highest BCUT2D eigenvalue weighted by Crippen LogP contribution is 2.22. The molecule has 0 amide bonds. The highest BCUT2D eigenvalue weighted by atomic mass is 32.2. The first-order valence-corrected chi connectivity index (χ1v) is 7.18. The Labute approximate surface area is 79.7 Å². The summed E-state index contributed by atoms with van der Waals surface area (Å²) in [6.45, 7) is 0. The second-order valence-corrected chi connectivity index (χ2v) is 6.92. The lowest BCUT2D eigenvalue weighted by Crippen LogP contribution is -1.96. The molecule has 0 fully saturated rings. The molecule has 1 heterocycles. The van der Waals surface area contributed by atoms with Crippen molar-refractivity contribution in [3.63, 3.8) is 0 Å². The fourth-order valence-electron chi connectivity index (χ4n) is 0.630. The van der Waals surface area contributed by atoms with E-state index in [1.165, 1.54) is 0 Å². The summed E-state index contributed by atoms with van der Waals surface area (Å²) < 4.78 is 51.4. The second kappa shape index (κ2) is 3.05. The van der Waals surface area contributed by atoms with Crippen LogP contribution in [0.1, 0.15) is 0 Å². The predicted octanol–water partition coefficient (Wildman–Crippen LogP) is 0.398. The molecule has 74 valence electrons. The van der Waals surface area contributed by atoms with E-state index in [1.807, 2.05) is 0 Å². The minimum atomic E-state index is -4.30. The van der Waals surface area contributed by atoms with Gasteiger partial charge in [0.25, 0.3) is 10.1 Å². The van der Waals surface area contributed by atoms with Crippen molar-refractivity contribution in [2.75, 3.05) is 6.26 Å². The maximum Gasteiger partial charge on any atom is 0.295 e. The minimum Gasteiger partial charge on any atom is -0.282 e. The highest BCUT2D eigenvalue weighted by molar-refractivity contribution is 7.93. The third-order valence-corrected chi connectivity index (χ3v) is 4.96. The van der Waals surface area contributed by atoms with Crippen molar-refractivity contribution in [1.82, 2.24) is 0 Å². The van der Waals surface area contributed by atoms with Crippen LogP contribution in [-0.2, 0) is 20.0 Å². The monoisotopic (exact) mass is 242 g/mol. The van der Waals surface area contributed by atoms with Gasteiger partial charge in [-0.2, -0.15) is 8.42 Å². The van der Waals surface area contributed by atoms with Crippen molar-refractivity contribution in [1.29, 1.82) is 0 Å². The van der Waals surface area contributed by atoms with Gasteiger partial charge in [0.15, 0.2) is 9.84 Å². The Morgan fingerprint density at radius 2 is 1.85 bits per heavy atom. The maximum atomic E-state index is 10.9. The molecule has 1 aromatic rings. The zero-order chi connectivity index (χ0) is 10.3. The van der Waals surface area contributed by atoms with Crippen LogP contribution in [0.5, 0.6) is 0 Å². The first kappa shape index (κ1) is 10.6. The molecule has 5 nitrogen and oxygen atoms in total. The minimum absolute atomic E-state index is 0.0832. The Bertz CT molecular complexity index is 460. The molecule has 1 aromatic heterocycles. The molecule has 0 bridgehead atoms. The van der Waals surface area contributed by atoms with Gasteiger partial charge in [-0.15, -0.1) is 11.3 Å². The molecule has 0 aromatic carbocycles. The van der Waals surface area contributed by atoms with Gasteiger partial charge in [-0.25, -0.2) is 8.42 Å². The average molecular weight is 242 g/mol. The summed E-state index contributed by atoms with van der Waals surface area (Å²) in [5.74, 6) is 0. The Morgan fingerprint density at radius 3 is 2.08 bits per heavy atom. The molecular weight excluding hydrogens is 236 g/mol. The summed E-state index contributed by atoms with van der Waals surface area (Å²) in [4.78, 5) is -0.391. The molecule has 0 aliphatic heterocycles. The number of sulfone groups is 1. The SMILES string of the molecule is CS(=O)(=O)c1cc(S(=O)(=O)O)cs1. The van der Waals surface area contributed by atoms with Crippen LogP contribution in [0, 0.1) is 0 Å². The number of thiophene rings is 1. The zero-order valence-corrected chi connectivity index (χ0v) is 8.91. The maximum absolute atomic E-state index is 10.9. The van der Waals surface area contributed by atoms with Gasteiger partial charge < -0.3 is 0 Å². The zero-order valence-electron chi connectivity index (χ0n) is 6.46. The largest absolute Gasteiger partial charge is 0.295 e. The smallest absolute Gasteiger partial charge is 0.282 e. The van der Waals surface area contributed by atoms with Gasteiger partial charge in [0.2, 0.25) is 0 Å². The van der Waals surface area contributed by atoms with E-state index in [-0.39, 0.29) is 4.21 Å². The van der Waals surface area contributed by atoms with Crippen molar-refractivity contribution < 1.29 is 21.4 Å². The van der Waals surface area contributed by atoms with Gasteiger partial charge in [0.05, 0.1) is 0 Å². The van der Waals surface area contributed by atoms with Gasteiger partial charge in [-0.1, -0.05) is 0 Å². The number of hydrogen-bond acceptors (Lipinski definition) is 5. The lowest BCUT2D eigenvalue weighted by molar-refractivity contribution is 0.483. The Balaban J connectivity index is 3.32. The van der Waals surface area contributed by atoms with E-state index in [4.69, 9.17) is 4.55 Å². The van der Waals surface area contributed by atoms with Crippen LogP contribution in [-0.4, -0.2) is 27.6 Å². The van der Waals surface area contributed by atoms with Crippen molar-refractivity contribution in [3.05, 3.63) is 11.4 Å². The standard InChI is InChI=1S/C5H6O5S3/c1-12(6,7)5-2-4(3-11-5)13(8,9)10/h2-3H,1H3,(H,8,9,10). The van der Waals surface area contributed by atoms with E-state index in [0.29, 0.717) is 0 Å². The third-order valence-electron chi connectivity index (χ3n) is 1.21. The molecule has 0 saturated heterocycles. The van der Waals surface area contributed by atoms with Gasteiger partial charge >= 0.3 is 0 Å². The van der Waals surface area contributed by atoms with E-state index in [2.05, 4.69) is 0 Å². The second-order valence-electron chi connectivity index (χ2n) is 2.35. The molecule has 0 unspecified atom stereocenters. The molecule has 1 N–H and O–H groups in total. The molecular formula is C5H6O5S3. The van der Waals surface area contributed by atoms with Crippen LogP contribution in [0.15, 0.2) is 20.6 Å². The van der Waals surface area contributed by atoms with Gasteiger partial charge in [-0.05, 0) is 6.07 Å². The Morgan fingerprint density at radius 1 is 1.31 bits per heavy atom. The van der Waals surface area contributed by atoms with E-state index in [0.717, 1.165) is 29.0 Å². The van der Waals surface area contributed by atoms with Crippen LogP contribution in [0.2, 0.25) is 0 Å². The molecule has 0 aliphatic carbocycles. The third kappa shape index (κ3) is 2.50. The van der Waals surface area contributed by atoms with Crippen molar-refractivity contribution in [2.24, 2.45) is 0 Å². The van der Waals surface area contributed by atoms with Crippen molar-refractivity contribution in [2.45, 2.75) is 9.10 Å². The van der Waals surface area contributed by atoms with Crippen LogP contribution in [0.3, 0.4) is 0 Å². The fraction of sp³-hybridized carbons (Fsp3) is 0.200. The van der Waals surface area contributed by atoms with E-state index in [9.17, 15) is 16.8 Å². The summed E-state index contributed by atoms with van der Waals surface area (Å²) in [6, 6.07) is 0.926. The first-order chi connectivity index (χ1) is 5.71. The molecule has 0 radical (unpaired) electrons. The van der Waals surface area contributed by atoms with Gasteiger partial charge in [0.1, 0.15) is 9.10 Å². The lowest BCUT2D eigenvalue weighted by atomic mass is 10.7. The molecule has 0 spiro atoms.